The number of hydrogen-bond donors (Lipinski definition) is 1. The lowest BCUT2D eigenvalue weighted by Crippen LogP contribution is -2.34. The van der Waals surface area contributed by atoms with Crippen LogP contribution in [0.2, 0.25) is 0 Å². The van der Waals surface area contributed by atoms with E-state index in [0.29, 0.717) is 0 Å². The van der Waals surface area contributed by atoms with Crippen LogP contribution in [0.1, 0.15) is 40.5 Å². The largest absolute Gasteiger partial charge is 0.442 e. The molecule has 1 N–H and O–H groups in total. The summed E-state index contributed by atoms with van der Waals surface area (Å²) in [4.78, 5) is 37.2. The van der Waals surface area contributed by atoms with Crippen LogP contribution in [0.15, 0.2) is 0 Å². The Morgan fingerprint density at radius 2 is 1.75 bits per heavy atom. The highest BCUT2D eigenvalue weighted by molar-refractivity contribution is 5.95. The SMILES string of the molecule is CCC(=O)CC(=O)ONC(=O)OC(C)(C)C. The number of hydrogen-bond acceptors (Lipinski definition) is 5. The number of Topliss-reactive ketones (excluding diaryl/α,β-unsaturated/α-hetero) is 1. The molecule has 1 amide bonds. The van der Waals surface area contributed by atoms with Gasteiger partial charge < -0.3 is 9.57 Å². The van der Waals surface area contributed by atoms with E-state index >= 15 is 0 Å². The number of nitrogens with one attached hydrogen (secondary N) is 1. The third kappa shape index (κ3) is 7.78. The maximum absolute atomic E-state index is 11.0. The number of rotatable bonds is 3. The van der Waals surface area contributed by atoms with Gasteiger partial charge in [0.1, 0.15) is 17.8 Å². The van der Waals surface area contributed by atoms with E-state index < -0.39 is 17.7 Å². The van der Waals surface area contributed by atoms with Crippen molar-refractivity contribution in [3.05, 3.63) is 0 Å². The second kappa shape index (κ2) is 6.09. The molecule has 0 heterocycles. The number of carbonyl (C=O) groups is 3. The summed E-state index contributed by atoms with van der Waals surface area (Å²) < 4.78 is 4.81. The summed E-state index contributed by atoms with van der Waals surface area (Å²) in [7, 11) is 0. The van der Waals surface area contributed by atoms with E-state index in [1.54, 1.807) is 33.2 Å². The molecule has 6 heteroatoms. The van der Waals surface area contributed by atoms with Crippen LogP contribution in [0.25, 0.3) is 0 Å². The van der Waals surface area contributed by atoms with Crippen molar-refractivity contribution >= 4 is 17.8 Å². The number of ketones is 1. The molecule has 0 atom stereocenters. The average Bonchev–Trinajstić information content (AvgIpc) is 2.12. The summed E-state index contributed by atoms with van der Waals surface area (Å²) in [6.45, 7) is 6.66. The van der Waals surface area contributed by atoms with E-state index in [0.717, 1.165) is 0 Å². The lowest BCUT2D eigenvalue weighted by Gasteiger charge is -2.19. The van der Waals surface area contributed by atoms with E-state index in [9.17, 15) is 14.4 Å². The Morgan fingerprint density at radius 1 is 1.19 bits per heavy atom. The van der Waals surface area contributed by atoms with Crippen molar-refractivity contribution in [2.24, 2.45) is 0 Å². The first-order chi connectivity index (χ1) is 7.24. The van der Waals surface area contributed by atoms with Crippen LogP contribution in [-0.2, 0) is 19.2 Å². The van der Waals surface area contributed by atoms with Gasteiger partial charge in [0.2, 0.25) is 0 Å². The van der Waals surface area contributed by atoms with Gasteiger partial charge in [-0.3, -0.25) is 4.79 Å². The second-order valence-corrected chi connectivity index (χ2v) is 4.15. The van der Waals surface area contributed by atoms with Crippen molar-refractivity contribution in [1.29, 1.82) is 0 Å². The topological polar surface area (TPSA) is 81.7 Å². The fourth-order valence-corrected chi connectivity index (χ4v) is 0.720. The van der Waals surface area contributed by atoms with Crippen molar-refractivity contribution in [1.82, 2.24) is 5.48 Å². The molecular formula is C10H17NO5. The molecule has 0 aromatic carbocycles. The van der Waals surface area contributed by atoms with Crippen LogP contribution in [0.5, 0.6) is 0 Å². The van der Waals surface area contributed by atoms with Crippen molar-refractivity contribution in [2.45, 2.75) is 46.1 Å². The van der Waals surface area contributed by atoms with Gasteiger partial charge >= 0.3 is 12.1 Å². The highest BCUT2D eigenvalue weighted by Crippen LogP contribution is 2.06. The predicted octanol–water partition coefficient (Wildman–Crippen LogP) is 1.34. The van der Waals surface area contributed by atoms with E-state index in [4.69, 9.17) is 4.74 Å². The molecule has 0 aliphatic rings. The Bertz CT molecular complexity index is 279. The molecule has 0 aliphatic heterocycles. The fraction of sp³-hybridized carbons (Fsp3) is 0.700. The summed E-state index contributed by atoms with van der Waals surface area (Å²) >= 11 is 0. The van der Waals surface area contributed by atoms with Gasteiger partial charge in [0.15, 0.2) is 0 Å². The predicted molar refractivity (Wildman–Crippen MR) is 55.4 cm³/mol. The molecule has 0 bridgehead atoms. The smallest absolute Gasteiger partial charge is 0.441 e. The maximum atomic E-state index is 11.0. The Hall–Kier alpha value is -1.59. The molecule has 0 aromatic heterocycles. The summed E-state index contributed by atoms with van der Waals surface area (Å²) in [5.74, 6) is -1.06. The van der Waals surface area contributed by atoms with Gasteiger partial charge in [-0.2, -0.15) is 0 Å². The molecule has 0 spiro atoms. The summed E-state index contributed by atoms with van der Waals surface area (Å²) in [5.41, 5.74) is 1.13. The zero-order chi connectivity index (χ0) is 12.8. The summed E-state index contributed by atoms with van der Waals surface area (Å²) in [6, 6.07) is 0. The molecule has 0 aromatic rings. The molecule has 92 valence electrons. The average molecular weight is 231 g/mol. The normalized spacial score (nSPS) is 10.5. The van der Waals surface area contributed by atoms with Gasteiger partial charge in [-0.25, -0.2) is 9.59 Å². The standard InChI is InChI=1S/C10H17NO5/c1-5-7(12)6-8(13)16-11-9(14)15-10(2,3)4/h5-6H2,1-4H3,(H,11,14). The van der Waals surface area contributed by atoms with Gasteiger partial charge in [-0.15, -0.1) is 5.48 Å². The molecule has 0 saturated carbocycles. The Kier molecular flexibility index (Phi) is 5.49. The van der Waals surface area contributed by atoms with Crippen molar-refractivity contribution in [3.8, 4) is 0 Å². The zero-order valence-electron chi connectivity index (χ0n) is 9.96. The van der Waals surface area contributed by atoms with Crippen LogP contribution in [0.4, 0.5) is 4.79 Å². The Morgan fingerprint density at radius 3 is 2.19 bits per heavy atom. The third-order valence-corrected chi connectivity index (χ3v) is 1.38. The molecule has 0 unspecified atom stereocenters. The molecule has 0 radical (unpaired) electrons. The zero-order valence-corrected chi connectivity index (χ0v) is 9.96. The first-order valence-corrected chi connectivity index (χ1v) is 4.95. The molecule has 16 heavy (non-hydrogen) atoms. The van der Waals surface area contributed by atoms with E-state index in [1.807, 2.05) is 0 Å². The van der Waals surface area contributed by atoms with Crippen LogP contribution in [0.3, 0.4) is 0 Å². The monoisotopic (exact) mass is 231 g/mol. The minimum absolute atomic E-state index is 0.252. The molecule has 6 nitrogen and oxygen atoms in total. The molecular weight excluding hydrogens is 214 g/mol. The van der Waals surface area contributed by atoms with Gasteiger partial charge in [0.05, 0.1) is 0 Å². The summed E-state index contributed by atoms with van der Waals surface area (Å²) in [5, 5.41) is 0. The van der Waals surface area contributed by atoms with Gasteiger partial charge in [-0.1, -0.05) is 6.92 Å². The lowest BCUT2D eigenvalue weighted by atomic mass is 10.2. The second-order valence-electron chi connectivity index (χ2n) is 4.15. The van der Waals surface area contributed by atoms with Gasteiger partial charge in [0, 0.05) is 6.42 Å². The molecule has 0 saturated heterocycles. The molecule has 0 fully saturated rings. The minimum Gasteiger partial charge on any atom is -0.442 e. The van der Waals surface area contributed by atoms with E-state index in [1.165, 1.54) is 0 Å². The summed E-state index contributed by atoms with van der Waals surface area (Å²) in [6.07, 6.45) is -0.974. The highest BCUT2D eigenvalue weighted by atomic mass is 16.7. The van der Waals surface area contributed by atoms with Crippen LogP contribution in [0, 0.1) is 0 Å². The number of carbonyl (C=O) groups excluding carboxylic acids is 3. The van der Waals surface area contributed by atoms with E-state index in [-0.39, 0.29) is 18.6 Å². The molecule has 0 rings (SSSR count). The van der Waals surface area contributed by atoms with Crippen molar-refractivity contribution in [3.63, 3.8) is 0 Å². The van der Waals surface area contributed by atoms with Crippen LogP contribution in [-0.4, -0.2) is 23.4 Å². The molecule has 0 aliphatic carbocycles. The number of hydroxylamine groups is 1. The lowest BCUT2D eigenvalue weighted by molar-refractivity contribution is -0.152. The Labute approximate surface area is 94.2 Å². The number of amides is 1. The van der Waals surface area contributed by atoms with Crippen LogP contribution < -0.4 is 5.48 Å². The van der Waals surface area contributed by atoms with Gasteiger partial charge in [0.25, 0.3) is 0 Å². The van der Waals surface area contributed by atoms with Crippen LogP contribution >= 0.6 is 0 Å². The van der Waals surface area contributed by atoms with Gasteiger partial charge in [-0.05, 0) is 20.8 Å². The fourth-order valence-electron chi connectivity index (χ4n) is 0.720. The first-order valence-electron chi connectivity index (χ1n) is 4.95. The van der Waals surface area contributed by atoms with E-state index in [2.05, 4.69) is 4.84 Å². The Balaban J connectivity index is 3.84. The van der Waals surface area contributed by atoms with Crippen molar-refractivity contribution in [2.75, 3.05) is 0 Å². The maximum Gasteiger partial charge on any atom is 0.441 e. The first kappa shape index (κ1) is 14.4. The quantitative estimate of drug-likeness (QED) is 0.585. The third-order valence-electron chi connectivity index (χ3n) is 1.38. The van der Waals surface area contributed by atoms with Crippen molar-refractivity contribution < 1.29 is 24.0 Å². The minimum atomic E-state index is -0.871. The number of ether oxygens (including phenoxy) is 1. The highest BCUT2D eigenvalue weighted by Gasteiger charge is 2.17.